The van der Waals surface area contributed by atoms with Gasteiger partial charge in [0.15, 0.2) is 11.5 Å². The third-order valence-corrected chi connectivity index (χ3v) is 2.37. The number of hydrogen-bond acceptors (Lipinski definition) is 4. The molecule has 0 aliphatic carbocycles. The lowest BCUT2D eigenvalue weighted by molar-refractivity contribution is 0.0934. The zero-order valence-corrected chi connectivity index (χ0v) is 8.24. The van der Waals surface area contributed by atoms with Gasteiger partial charge in [0, 0.05) is 6.42 Å². The van der Waals surface area contributed by atoms with E-state index in [1.54, 1.807) is 19.1 Å². The van der Waals surface area contributed by atoms with Crippen molar-refractivity contribution < 1.29 is 14.3 Å². The number of hydrogen-bond donors (Lipinski definition) is 0. The first kappa shape index (κ1) is 9.62. The van der Waals surface area contributed by atoms with Crippen LogP contribution in [0.3, 0.4) is 0 Å². The average Bonchev–Trinajstić information content (AvgIpc) is 2.23. The summed E-state index contributed by atoms with van der Waals surface area (Å²) in [7, 11) is 0. The van der Waals surface area contributed by atoms with E-state index >= 15 is 0 Å². The molecule has 0 saturated heterocycles. The summed E-state index contributed by atoms with van der Waals surface area (Å²) in [6, 6.07) is 3.46. The lowest BCUT2D eigenvalue weighted by Crippen LogP contribution is -2.15. The Kier molecular flexibility index (Phi) is 2.35. The summed E-state index contributed by atoms with van der Waals surface area (Å²) in [5.74, 6) is 0.438. The number of carbonyl (C=O) groups excluding carboxylic acids is 2. The van der Waals surface area contributed by atoms with Crippen molar-refractivity contribution in [1.29, 1.82) is 0 Å². The van der Waals surface area contributed by atoms with Crippen LogP contribution >= 0.6 is 0 Å². The molecule has 0 amide bonds. The number of benzene rings is 1. The molecule has 0 spiro atoms. The van der Waals surface area contributed by atoms with Crippen molar-refractivity contribution in [2.75, 3.05) is 6.61 Å². The minimum Gasteiger partial charge on any atom is -0.490 e. The van der Waals surface area contributed by atoms with Crippen LogP contribution in [-0.4, -0.2) is 18.5 Å². The molecule has 1 aromatic carbocycles. The van der Waals surface area contributed by atoms with E-state index in [9.17, 15) is 9.59 Å². The van der Waals surface area contributed by atoms with Crippen molar-refractivity contribution in [3.63, 3.8) is 0 Å². The second-order valence-electron chi connectivity index (χ2n) is 3.33. The summed E-state index contributed by atoms with van der Waals surface area (Å²) in [5, 5.41) is 0. The van der Waals surface area contributed by atoms with E-state index in [0.717, 1.165) is 5.56 Å². The molecule has 1 aliphatic heterocycles. The Balaban J connectivity index is 2.68. The maximum absolute atomic E-state index is 11.5. The lowest BCUT2D eigenvalue weighted by Gasteiger charge is -2.18. The highest BCUT2D eigenvalue weighted by atomic mass is 16.5. The summed E-state index contributed by atoms with van der Waals surface area (Å²) >= 11 is 0. The smallest absolute Gasteiger partial charge is 0.240 e. The summed E-state index contributed by atoms with van der Waals surface area (Å²) in [6.45, 7) is 2.15. The number of ketones is 1. The summed E-state index contributed by atoms with van der Waals surface area (Å²) in [5.41, 5.74) is 1.71. The van der Waals surface area contributed by atoms with Gasteiger partial charge in [-0.1, -0.05) is 6.07 Å². The Morgan fingerprint density at radius 1 is 1.47 bits per heavy atom. The molecule has 0 bridgehead atoms. The summed E-state index contributed by atoms with van der Waals surface area (Å²) < 4.78 is 5.36. The number of fused-ring (bicyclic) bond motifs is 1. The molecule has 4 heteroatoms. The fourth-order valence-electron chi connectivity index (χ4n) is 1.60. The van der Waals surface area contributed by atoms with Gasteiger partial charge in [-0.15, -0.1) is 0 Å². The first-order chi connectivity index (χ1) is 7.24. The molecule has 0 atom stereocenters. The first-order valence-electron chi connectivity index (χ1n) is 4.61. The van der Waals surface area contributed by atoms with Gasteiger partial charge in [-0.2, -0.15) is 4.99 Å². The average molecular weight is 203 g/mol. The third-order valence-electron chi connectivity index (χ3n) is 2.37. The Morgan fingerprint density at radius 3 is 3.00 bits per heavy atom. The topological polar surface area (TPSA) is 55.7 Å². The molecule has 0 fully saturated rings. The van der Waals surface area contributed by atoms with Gasteiger partial charge in [-0.25, -0.2) is 4.79 Å². The third kappa shape index (κ3) is 1.55. The Morgan fingerprint density at radius 2 is 2.27 bits per heavy atom. The van der Waals surface area contributed by atoms with E-state index in [2.05, 4.69) is 4.99 Å². The normalized spacial score (nSPS) is 13.8. The molecule has 0 unspecified atom stereocenters. The number of ether oxygens (including phenoxy) is 1. The molecular formula is C11H9NO3. The largest absolute Gasteiger partial charge is 0.490 e. The van der Waals surface area contributed by atoms with Crippen molar-refractivity contribution in [2.45, 2.75) is 13.3 Å². The summed E-state index contributed by atoms with van der Waals surface area (Å²) in [6.07, 6.45) is 1.85. The zero-order chi connectivity index (χ0) is 10.8. The van der Waals surface area contributed by atoms with Crippen molar-refractivity contribution >= 4 is 17.6 Å². The number of aryl methyl sites for hydroxylation is 1. The van der Waals surface area contributed by atoms with E-state index in [4.69, 9.17) is 4.74 Å². The van der Waals surface area contributed by atoms with Crippen LogP contribution in [0.1, 0.15) is 22.3 Å². The van der Waals surface area contributed by atoms with Gasteiger partial charge < -0.3 is 4.74 Å². The molecule has 1 aliphatic rings. The predicted molar refractivity (Wildman–Crippen MR) is 53.4 cm³/mol. The second kappa shape index (κ2) is 3.67. The molecule has 15 heavy (non-hydrogen) atoms. The number of nitrogens with zero attached hydrogens (tertiary/aromatic N) is 1. The minimum absolute atomic E-state index is 0.0265. The predicted octanol–water partition coefficient (Wildman–Crippen LogP) is 1.93. The lowest BCUT2D eigenvalue weighted by atomic mass is 10.0. The number of rotatable bonds is 1. The van der Waals surface area contributed by atoms with Crippen LogP contribution in [-0.2, 0) is 4.79 Å². The fourth-order valence-corrected chi connectivity index (χ4v) is 1.60. The van der Waals surface area contributed by atoms with Gasteiger partial charge in [-0.05, 0) is 18.6 Å². The molecule has 1 aromatic rings. The van der Waals surface area contributed by atoms with Gasteiger partial charge in [0.1, 0.15) is 5.69 Å². The Hall–Kier alpha value is -1.93. The molecule has 76 valence electrons. The quantitative estimate of drug-likeness (QED) is 0.517. The van der Waals surface area contributed by atoms with E-state index in [1.807, 2.05) is 0 Å². The van der Waals surface area contributed by atoms with Crippen LogP contribution < -0.4 is 4.74 Å². The van der Waals surface area contributed by atoms with Gasteiger partial charge in [0.25, 0.3) is 0 Å². The van der Waals surface area contributed by atoms with Crippen LogP contribution in [0, 0.1) is 6.92 Å². The van der Waals surface area contributed by atoms with Gasteiger partial charge in [0.2, 0.25) is 6.08 Å². The highest BCUT2D eigenvalue weighted by Gasteiger charge is 2.22. The van der Waals surface area contributed by atoms with Crippen LogP contribution in [0.5, 0.6) is 5.75 Å². The van der Waals surface area contributed by atoms with E-state index in [1.165, 1.54) is 6.08 Å². The van der Waals surface area contributed by atoms with E-state index in [-0.39, 0.29) is 5.78 Å². The van der Waals surface area contributed by atoms with E-state index < -0.39 is 0 Å². The minimum atomic E-state index is 0.0265. The standard InChI is InChI=1S/C11H9NO3/c1-7-2-3-8-9(14)4-5-15-11(8)10(7)12-6-13/h2-3H,4-5H2,1H3. The maximum Gasteiger partial charge on any atom is 0.240 e. The fraction of sp³-hybridized carbons (Fsp3) is 0.273. The highest BCUT2D eigenvalue weighted by molar-refractivity contribution is 6.01. The molecule has 4 nitrogen and oxygen atoms in total. The van der Waals surface area contributed by atoms with Gasteiger partial charge >= 0.3 is 0 Å². The number of isocyanates is 1. The first-order valence-corrected chi connectivity index (χ1v) is 4.61. The number of carbonyl (C=O) groups is 1. The molecular weight excluding hydrogens is 194 g/mol. The Labute approximate surface area is 86.6 Å². The molecule has 0 saturated carbocycles. The van der Waals surface area contributed by atoms with Crippen LogP contribution in [0.15, 0.2) is 17.1 Å². The van der Waals surface area contributed by atoms with E-state index in [0.29, 0.717) is 30.0 Å². The van der Waals surface area contributed by atoms with Crippen molar-refractivity contribution in [1.82, 2.24) is 0 Å². The molecule has 0 aromatic heterocycles. The molecule has 0 N–H and O–H groups in total. The van der Waals surface area contributed by atoms with Crippen LogP contribution in [0.25, 0.3) is 0 Å². The zero-order valence-electron chi connectivity index (χ0n) is 8.24. The van der Waals surface area contributed by atoms with Crippen LogP contribution in [0.2, 0.25) is 0 Å². The van der Waals surface area contributed by atoms with Crippen molar-refractivity contribution in [2.24, 2.45) is 4.99 Å². The maximum atomic E-state index is 11.5. The highest BCUT2D eigenvalue weighted by Crippen LogP contribution is 2.37. The SMILES string of the molecule is Cc1ccc2c(c1N=C=O)OCCC2=O. The van der Waals surface area contributed by atoms with Crippen LogP contribution in [0.4, 0.5) is 5.69 Å². The number of Topliss-reactive ketones (excluding diaryl/α,β-unsaturated/α-hetero) is 1. The van der Waals surface area contributed by atoms with Crippen molar-refractivity contribution in [3.05, 3.63) is 23.3 Å². The van der Waals surface area contributed by atoms with Crippen molar-refractivity contribution in [3.8, 4) is 5.75 Å². The van der Waals surface area contributed by atoms with Gasteiger partial charge in [0.05, 0.1) is 12.2 Å². The second-order valence-corrected chi connectivity index (χ2v) is 3.33. The molecule has 1 heterocycles. The molecule has 0 radical (unpaired) electrons. The molecule has 2 rings (SSSR count). The number of aliphatic imine (C=N–C) groups is 1. The summed E-state index contributed by atoms with van der Waals surface area (Å²) in [4.78, 5) is 25.4. The monoisotopic (exact) mass is 203 g/mol. The Bertz CT molecular complexity index is 473. The van der Waals surface area contributed by atoms with Gasteiger partial charge in [-0.3, -0.25) is 4.79 Å².